The molecule has 0 unspecified atom stereocenters. The fourth-order valence-corrected chi connectivity index (χ4v) is 3.01. The maximum absolute atomic E-state index is 12.6. The number of anilines is 1. The van der Waals surface area contributed by atoms with Crippen LogP contribution in [0.1, 0.15) is 18.9 Å². The fraction of sp³-hybridized carbons (Fsp3) is 0.350. The quantitative estimate of drug-likeness (QED) is 0.899. The van der Waals surface area contributed by atoms with Crippen molar-refractivity contribution in [2.45, 2.75) is 20.3 Å². The van der Waals surface area contributed by atoms with Crippen LogP contribution in [0.5, 0.6) is 11.5 Å². The molecule has 1 aliphatic heterocycles. The Morgan fingerprint density at radius 3 is 2.85 bits per heavy atom. The van der Waals surface area contributed by atoms with Crippen LogP contribution in [0, 0.1) is 6.92 Å². The molecule has 142 valence electrons. The number of urea groups is 1. The number of hydrogen-bond donors (Lipinski definition) is 1. The van der Waals surface area contributed by atoms with Crippen LogP contribution in [0.2, 0.25) is 0 Å². The Balaban J connectivity index is 1.64. The Hall–Kier alpha value is -3.09. The lowest BCUT2D eigenvalue weighted by Gasteiger charge is -2.21. The highest BCUT2D eigenvalue weighted by Crippen LogP contribution is 2.27. The van der Waals surface area contributed by atoms with Gasteiger partial charge in [0.05, 0.1) is 6.20 Å². The number of nitrogens with one attached hydrogen (secondary N) is 1. The van der Waals surface area contributed by atoms with E-state index in [1.54, 1.807) is 34.3 Å². The summed E-state index contributed by atoms with van der Waals surface area (Å²) in [6.45, 7) is 5.90. The molecule has 1 aromatic heterocycles. The van der Waals surface area contributed by atoms with Crippen molar-refractivity contribution in [3.63, 3.8) is 0 Å². The molecule has 2 heterocycles. The number of hydrogen-bond acceptors (Lipinski definition) is 4. The fourth-order valence-electron chi connectivity index (χ4n) is 3.01. The number of carbonyl (C=O) groups excluding carboxylic acids is 2. The molecule has 2 aromatic rings. The summed E-state index contributed by atoms with van der Waals surface area (Å²) >= 11 is 0. The van der Waals surface area contributed by atoms with Gasteiger partial charge in [-0.2, -0.15) is 0 Å². The van der Waals surface area contributed by atoms with Crippen molar-refractivity contribution in [1.29, 1.82) is 0 Å². The van der Waals surface area contributed by atoms with Gasteiger partial charge in [0, 0.05) is 31.5 Å². The van der Waals surface area contributed by atoms with E-state index in [2.05, 4.69) is 10.3 Å². The first-order chi connectivity index (χ1) is 13.1. The molecule has 1 aromatic carbocycles. The molecule has 0 radical (unpaired) electrons. The van der Waals surface area contributed by atoms with Gasteiger partial charge in [-0.15, -0.1) is 0 Å². The highest BCUT2D eigenvalue weighted by Gasteiger charge is 2.24. The lowest BCUT2D eigenvalue weighted by Crippen LogP contribution is -2.41. The summed E-state index contributed by atoms with van der Waals surface area (Å²) in [5.41, 5.74) is 1.56. The number of nitrogens with zero attached hydrogens (tertiary/aromatic N) is 3. The predicted octanol–water partition coefficient (Wildman–Crippen LogP) is 3.27. The summed E-state index contributed by atoms with van der Waals surface area (Å²) in [6.07, 6.45) is 4.11. The van der Waals surface area contributed by atoms with Crippen LogP contribution in [-0.4, -0.2) is 52.9 Å². The van der Waals surface area contributed by atoms with E-state index in [4.69, 9.17) is 4.74 Å². The zero-order valence-corrected chi connectivity index (χ0v) is 15.6. The zero-order valence-electron chi connectivity index (χ0n) is 15.6. The number of carbonyl (C=O) groups is 2. The van der Waals surface area contributed by atoms with E-state index in [1.807, 2.05) is 32.0 Å². The third-order valence-electron chi connectivity index (χ3n) is 4.49. The molecule has 0 bridgehead atoms. The SMILES string of the molecule is CCN1CCCN(C(=O)Nc2ccc(Oc3cccnc3)c(C)c2)CC1=O. The van der Waals surface area contributed by atoms with Gasteiger partial charge in [0.1, 0.15) is 18.0 Å². The van der Waals surface area contributed by atoms with Crippen LogP contribution in [0.3, 0.4) is 0 Å². The third-order valence-corrected chi connectivity index (χ3v) is 4.49. The van der Waals surface area contributed by atoms with Gasteiger partial charge in [0.15, 0.2) is 0 Å². The van der Waals surface area contributed by atoms with E-state index >= 15 is 0 Å². The van der Waals surface area contributed by atoms with E-state index in [0.29, 0.717) is 36.8 Å². The standard InChI is InChI=1S/C20H24N4O3/c1-3-23-10-5-11-24(14-19(23)25)20(26)22-16-7-8-18(15(2)12-16)27-17-6-4-9-21-13-17/h4,6-9,12-13H,3,5,10-11,14H2,1-2H3,(H,22,26). The smallest absolute Gasteiger partial charge is 0.322 e. The van der Waals surface area contributed by atoms with Crippen molar-refractivity contribution < 1.29 is 14.3 Å². The second kappa shape index (κ2) is 8.53. The lowest BCUT2D eigenvalue weighted by atomic mass is 10.2. The molecule has 1 N–H and O–H groups in total. The number of rotatable bonds is 4. The van der Waals surface area contributed by atoms with Gasteiger partial charge in [-0.3, -0.25) is 9.78 Å². The second-order valence-corrected chi connectivity index (χ2v) is 6.45. The molecule has 0 aliphatic carbocycles. The van der Waals surface area contributed by atoms with Gasteiger partial charge in [-0.25, -0.2) is 4.79 Å². The molecule has 1 aliphatic rings. The maximum atomic E-state index is 12.6. The summed E-state index contributed by atoms with van der Waals surface area (Å²) in [5, 5.41) is 2.87. The Morgan fingerprint density at radius 1 is 1.30 bits per heavy atom. The molecule has 1 fully saturated rings. The molecule has 3 amide bonds. The van der Waals surface area contributed by atoms with E-state index in [-0.39, 0.29) is 18.5 Å². The van der Waals surface area contributed by atoms with Crippen molar-refractivity contribution in [1.82, 2.24) is 14.8 Å². The van der Waals surface area contributed by atoms with Gasteiger partial charge in [0.2, 0.25) is 5.91 Å². The van der Waals surface area contributed by atoms with Gasteiger partial charge in [-0.1, -0.05) is 0 Å². The maximum Gasteiger partial charge on any atom is 0.322 e. The van der Waals surface area contributed by atoms with Gasteiger partial charge >= 0.3 is 6.03 Å². The number of ether oxygens (including phenoxy) is 1. The summed E-state index contributed by atoms with van der Waals surface area (Å²) < 4.78 is 5.80. The number of aryl methyl sites for hydroxylation is 1. The number of pyridine rings is 1. The van der Waals surface area contributed by atoms with E-state index in [0.717, 1.165) is 12.0 Å². The summed E-state index contributed by atoms with van der Waals surface area (Å²) in [6, 6.07) is 8.82. The van der Waals surface area contributed by atoms with Crippen molar-refractivity contribution in [2.24, 2.45) is 0 Å². The normalized spacial score (nSPS) is 14.7. The van der Waals surface area contributed by atoms with Gasteiger partial charge < -0.3 is 19.9 Å². The van der Waals surface area contributed by atoms with Crippen LogP contribution in [-0.2, 0) is 4.79 Å². The van der Waals surface area contributed by atoms with Gasteiger partial charge in [-0.05, 0) is 56.2 Å². The minimum Gasteiger partial charge on any atom is -0.455 e. The highest BCUT2D eigenvalue weighted by molar-refractivity contribution is 5.92. The van der Waals surface area contributed by atoms with Crippen LogP contribution in [0.25, 0.3) is 0 Å². The minimum atomic E-state index is -0.262. The first-order valence-corrected chi connectivity index (χ1v) is 9.09. The molecule has 27 heavy (non-hydrogen) atoms. The molecular weight excluding hydrogens is 344 g/mol. The number of benzene rings is 1. The number of amides is 3. The molecule has 0 saturated carbocycles. The van der Waals surface area contributed by atoms with Crippen LogP contribution in [0.15, 0.2) is 42.7 Å². The lowest BCUT2D eigenvalue weighted by molar-refractivity contribution is -0.130. The van der Waals surface area contributed by atoms with Crippen molar-refractivity contribution in [3.05, 3.63) is 48.3 Å². The van der Waals surface area contributed by atoms with Crippen LogP contribution in [0.4, 0.5) is 10.5 Å². The van der Waals surface area contributed by atoms with Crippen molar-refractivity contribution in [2.75, 3.05) is 31.5 Å². The molecular formula is C20H24N4O3. The molecule has 0 spiro atoms. The van der Waals surface area contributed by atoms with Crippen molar-refractivity contribution in [3.8, 4) is 11.5 Å². The molecule has 3 rings (SSSR count). The number of aromatic nitrogens is 1. The first kappa shape index (κ1) is 18.7. The molecule has 7 heteroatoms. The largest absolute Gasteiger partial charge is 0.455 e. The Bertz CT molecular complexity index is 810. The Kier molecular flexibility index (Phi) is 5.90. The first-order valence-electron chi connectivity index (χ1n) is 9.09. The average molecular weight is 368 g/mol. The summed E-state index contributed by atoms with van der Waals surface area (Å²) in [5.74, 6) is 1.34. The van der Waals surface area contributed by atoms with E-state index in [1.165, 1.54) is 0 Å². The topological polar surface area (TPSA) is 74.8 Å². The number of likely N-dealkylation sites (N-methyl/N-ethyl adjacent to an activating group) is 1. The minimum absolute atomic E-state index is 0.0125. The second-order valence-electron chi connectivity index (χ2n) is 6.45. The average Bonchev–Trinajstić information content (AvgIpc) is 2.86. The highest BCUT2D eigenvalue weighted by atomic mass is 16.5. The predicted molar refractivity (Wildman–Crippen MR) is 103 cm³/mol. The Labute approximate surface area is 158 Å². The van der Waals surface area contributed by atoms with E-state index in [9.17, 15) is 9.59 Å². The zero-order chi connectivity index (χ0) is 19.2. The van der Waals surface area contributed by atoms with Crippen LogP contribution < -0.4 is 10.1 Å². The van der Waals surface area contributed by atoms with E-state index < -0.39 is 0 Å². The monoisotopic (exact) mass is 368 g/mol. The molecule has 1 saturated heterocycles. The molecule has 7 nitrogen and oxygen atoms in total. The molecule has 0 atom stereocenters. The van der Waals surface area contributed by atoms with Gasteiger partial charge in [0.25, 0.3) is 0 Å². The summed E-state index contributed by atoms with van der Waals surface area (Å²) in [7, 11) is 0. The van der Waals surface area contributed by atoms with Crippen molar-refractivity contribution >= 4 is 17.6 Å². The summed E-state index contributed by atoms with van der Waals surface area (Å²) in [4.78, 5) is 32.1. The van der Waals surface area contributed by atoms with Crippen LogP contribution >= 0.6 is 0 Å². The Morgan fingerprint density at radius 2 is 2.15 bits per heavy atom. The third kappa shape index (κ3) is 4.75.